The predicted octanol–water partition coefficient (Wildman–Crippen LogP) is 4.15. The molecule has 0 heterocycles. The Morgan fingerprint density at radius 2 is 2.05 bits per heavy atom. The minimum atomic E-state index is -0.533. The number of methoxy groups -OCH3 is 1. The fraction of sp³-hybridized carbons (Fsp3) is 0.188. The number of anilines is 1. The fourth-order valence-electron chi connectivity index (χ4n) is 1.92. The molecular weight excluding hydrogens is 307 g/mol. The molecule has 6 heteroatoms. The molecule has 2 aromatic rings. The number of halogens is 2. The fourth-order valence-corrected chi connectivity index (χ4v) is 2.11. The summed E-state index contributed by atoms with van der Waals surface area (Å²) in [6.45, 7) is 0.351. The normalized spacial score (nSPS) is 10.2. The van der Waals surface area contributed by atoms with Gasteiger partial charge in [0.2, 0.25) is 0 Å². The number of amides is 2. The second-order valence-corrected chi connectivity index (χ2v) is 5.13. The average molecular weight is 323 g/mol. The molecule has 0 saturated heterocycles. The van der Waals surface area contributed by atoms with Gasteiger partial charge in [0.25, 0.3) is 0 Å². The molecule has 1 N–H and O–H groups in total. The number of urea groups is 1. The third kappa shape index (κ3) is 3.89. The van der Waals surface area contributed by atoms with Crippen molar-refractivity contribution < 1.29 is 13.9 Å². The molecule has 2 amide bonds. The first-order valence-corrected chi connectivity index (χ1v) is 6.98. The number of rotatable bonds is 4. The summed E-state index contributed by atoms with van der Waals surface area (Å²) in [6.07, 6.45) is 0. The molecule has 0 atom stereocenters. The standard InChI is InChI=1S/C16H16ClFN2O2/c1-20(10-11-5-3-4-6-13(11)17)16(21)19-12-7-8-15(22-2)14(18)9-12/h3-9H,10H2,1-2H3,(H,19,21). The quantitative estimate of drug-likeness (QED) is 0.918. The zero-order valence-corrected chi connectivity index (χ0v) is 13.0. The largest absolute Gasteiger partial charge is 0.494 e. The van der Waals surface area contributed by atoms with Gasteiger partial charge in [-0.3, -0.25) is 0 Å². The zero-order valence-electron chi connectivity index (χ0n) is 12.3. The van der Waals surface area contributed by atoms with Gasteiger partial charge in [-0.2, -0.15) is 0 Å². The van der Waals surface area contributed by atoms with Crippen LogP contribution in [0.4, 0.5) is 14.9 Å². The molecule has 0 radical (unpaired) electrons. The highest BCUT2D eigenvalue weighted by atomic mass is 35.5. The number of hydrogen-bond donors (Lipinski definition) is 1. The van der Waals surface area contributed by atoms with Crippen LogP contribution in [0.3, 0.4) is 0 Å². The lowest BCUT2D eigenvalue weighted by Gasteiger charge is -2.19. The van der Waals surface area contributed by atoms with Gasteiger partial charge in [-0.15, -0.1) is 0 Å². The predicted molar refractivity (Wildman–Crippen MR) is 84.9 cm³/mol. The van der Waals surface area contributed by atoms with Crippen molar-refractivity contribution in [3.8, 4) is 5.75 Å². The molecule has 0 aliphatic rings. The van der Waals surface area contributed by atoms with Gasteiger partial charge in [0, 0.05) is 30.4 Å². The highest BCUT2D eigenvalue weighted by molar-refractivity contribution is 6.31. The molecule has 0 saturated carbocycles. The van der Waals surface area contributed by atoms with Crippen LogP contribution in [0.2, 0.25) is 5.02 Å². The van der Waals surface area contributed by atoms with Crippen molar-refractivity contribution >= 4 is 23.3 Å². The highest BCUT2D eigenvalue weighted by Crippen LogP contribution is 2.21. The molecular formula is C16H16ClFN2O2. The summed E-state index contributed by atoms with van der Waals surface area (Å²) in [6, 6.07) is 11.2. The van der Waals surface area contributed by atoms with Gasteiger partial charge in [0.1, 0.15) is 0 Å². The van der Waals surface area contributed by atoms with Crippen molar-refractivity contribution in [1.82, 2.24) is 4.90 Å². The molecule has 0 aliphatic carbocycles. The van der Waals surface area contributed by atoms with E-state index in [-0.39, 0.29) is 11.8 Å². The minimum Gasteiger partial charge on any atom is -0.494 e. The van der Waals surface area contributed by atoms with E-state index in [1.165, 1.54) is 24.1 Å². The van der Waals surface area contributed by atoms with Crippen LogP contribution in [0.25, 0.3) is 0 Å². The van der Waals surface area contributed by atoms with Gasteiger partial charge in [-0.25, -0.2) is 9.18 Å². The number of ether oxygens (including phenoxy) is 1. The van der Waals surface area contributed by atoms with Crippen molar-refractivity contribution in [3.63, 3.8) is 0 Å². The van der Waals surface area contributed by atoms with E-state index in [1.807, 2.05) is 18.2 Å². The molecule has 0 fully saturated rings. The molecule has 22 heavy (non-hydrogen) atoms. The van der Waals surface area contributed by atoms with Crippen molar-refractivity contribution in [2.75, 3.05) is 19.5 Å². The van der Waals surface area contributed by atoms with E-state index < -0.39 is 5.82 Å². The Hall–Kier alpha value is -2.27. The van der Waals surface area contributed by atoms with E-state index in [0.29, 0.717) is 17.3 Å². The monoisotopic (exact) mass is 322 g/mol. The third-order valence-corrected chi connectivity index (χ3v) is 3.48. The van der Waals surface area contributed by atoms with E-state index in [4.69, 9.17) is 16.3 Å². The number of hydrogen-bond acceptors (Lipinski definition) is 2. The van der Waals surface area contributed by atoms with Gasteiger partial charge >= 0.3 is 6.03 Å². The minimum absolute atomic E-state index is 0.127. The molecule has 0 spiro atoms. The van der Waals surface area contributed by atoms with Crippen LogP contribution in [0, 0.1) is 5.82 Å². The van der Waals surface area contributed by atoms with Gasteiger partial charge in [-0.05, 0) is 23.8 Å². The van der Waals surface area contributed by atoms with Crippen molar-refractivity contribution in [2.45, 2.75) is 6.54 Å². The Morgan fingerprint density at radius 1 is 1.32 bits per heavy atom. The number of carbonyl (C=O) groups is 1. The average Bonchev–Trinajstić information content (AvgIpc) is 2.49. The van der Waals surface area contributed by atoms with Gasteiger partial charge < -0.3 is 15.0 Å². The van der Waals surface area contributed by atoms with Crippen molar-refractivity contribution in [3.05, 3.63) is 58.9 Å². The van der Waals surface area contributed by atoms with Gasteiger partial charge in [-0.1, -0.05) is 29.8 Å². The third-order valence-electron chi connectivity index (χ3n) is 3.12. The van der Waals surface area contributed by atoms with Crippen LogP contribution in [0.15, 0.2) is 42.5 Å². The maximum atomic E-state index is 13.6. The number of nitrogens with zero attached hydrogens (tertiary/aromatic N) is 1. The van der Waals surface area contributed by atoms with E-state index in [0.717, 1.165) is 5.56 Å². The second-order valence-electron chi connectivity index (χ2n) is 4.73. The smallest absolute Gasteiger partial charge is 0.321 e. The first-order chi connectivity index (χ1) is 10.5. The topological polar surface area (TPSA) is 41.6 Å². The second kappa shape index (κ2) is 7.13. The maximum Gasteiger partial charge on any atom is 0.321 e. The lowest BCUT2D eigenvalue weighted by atomic mass is 10.2. The summed E-state index contributed by atoms with van der Waals surface area (Å²) < 4.78 is 18.4. The summed E-state index contributed by atoms with van der Waals surface area (Å²) in [5.41, 5.74) is 1.19. The number of benzene rings is 2. The van der Waals surface area contributed by atoms with E-state index in [2.05, 4.69) is 5.32 Å². The summed E-state index contributed by atoms with van der Waals surface area (Å²) in [5, 5.41) is 3.22. The number of carbonyl (C=O) groups excluding carboxylic acids is 1. The van der Waals surface area contributed by atoms with Crippen LogP contribution >= 0.6 is 11.6 Å². The number of nitrogens with one attached hydrogen (secondary N) is 1. The zero-order chi connectivity index (χ0) is 16.1. The van der Waals surface area contributed by atoms with Crippen LogP contribution in [0.1, 0.15) is 5.56 Å². The lowest BCUT2D eigenvalue weighted by molar-refractivity contribution is 0.220. The molecule has 0 aliphatic heterocycles. The van der Waals surface area contributed by atoms with E-state index in [9.17, 15) is 9.18 Å². The Balaban J connectivity index is 2.02. The molecule has 116 valence electrons. The molecule has 4 nitrogen and oxygen atoms in total. The van der Waals surface area contributed by atoms with Crippen LogP contribution in [-0.2, 0) is 6.54 Å². The Morgan fingerprint density at radius 3 is 2.68 bits per heavy atom. The van der Waals surface area contributed by atoms with Crippen LogP contribution in [-0.4, -0.2) is 25.1 Å². The highest BCUT2D eigenvalue weighted by Gasteiger charge is 2.12. The molecule has 0 unspecified atom stereocenters. The van der Waals surface area contributed by atoms with Crippen molar-refractivity contribution in [2.24, 2.45) is 0 Å². The molecule has 2 aromatic carbocycles. The first-order valence-electron chi connectivity index (χ1n) is 6.60. The lowest BCUT2D eigenvalue weighted by Crippen LogP contribution is -2.30. The van der Waals surface area contributed by atoms with Crippen LogP contribution < -0.4 is 10.1 Å². The SMILES string of the molecule is COc1ccc(NC(=O)N(C)Cc2ccccc2Cl)cc1F. The van der Waals surface area contributed by atoms with Crippen molar-refractivity contribution in [1.29, 1.82) is 0 Å². The summed E-state index contributed by atoms with van der Waals surface area (Å²) >= 11 is 6.07. The van der Waals surface area contributed by atoms with Gasteiger partial charge in [0.05, 0.1) is 7.11 Å². The Bertz CT molecular complexity index is 679. The maximum absolute atomic E-state index is 13.6. The van der Waals surface area contributed by atoms with E-state index in [1.54, 1.807) is 19.2 Å². The Labute approximate surface area is 133 Å². The first kappa shape index (κ1) is 16.1. The molecule has 2 rings (SSSR count). The molecule has 0 bridgehead atoms. The van der Waals surface area contributed by atoms with Crippen LogP contribution in [0.5, 0.6) is 5.75 Å². The molecule has 0 aromatic heterocycles. The summed E-state index contributed by atoms with van der Waals surface area (Å²) in [7, 11) is 3.02. The summed E-state index contributed by atoms with van der Waals surface area (Å²) in [4.78, 5) is 13.6. The van der Waals surface area contributed by atoms with E-state index >= 15 is 0 Å². The Kier molecular flexibility index (Phi) is 5.22. The van der Waals surface area contributed by atoms with Gasteiger partial charge in [0.15, 0.2) is 11.6 Å². The summed E-state index contributed by atoms with van der Waals surface area (Å²) in [5.74, 6) is -0.406.